The van der Waals surface area contributed by atoms with Gasteiger partial charge in [0.15, 0.2) is 0 Å². The molecule has 4 rings (SSSR count). The molecule has 0 aliphatic heterocycles. The van der Waals surface area contributed by atoms with Crippen molar-refractivity contribution in [2.24, 2.45) is 5.92 Å². The smallest absolute Gasteiger partial charge is 0.227 e. The largest absolute Gasteiger partial charge is 0.437 e. The third-order valence-corrected chi connectivity index (χ3v) is 4.13. The van der Waals surface area contributed by atoms with Crippen molar-refractivity contribution in [3.8, 4) is 11.3 Å². The molecule has 25 heavy (non-hydrogen) atoms. The summed E-state index contributed by atoms with van der Waals surface area (Å²) in [6, 6.07) is 11.1. The number of nitrogens with zero attached hydrogens (tertiary/aromatic N) is 2. The summed E-state index contributed by atoms with van der Waals surface area (Å²) in [6.07, 6.45) is -0.566. The van der Waals surface area contributed by atoms with E-state index < -0.39 is 19.1 Å². The van der Waals surface area contributed by atoms with Crippen molar-refractivity contribution in [2.45, 2.75) is 34.0 Å². The van der Waals surface area contributed by atoms with Gasteiger partial charge in [-0.25, -0.2) is 4.98 Å². The van der Waals surface area contributed by atoms with Crippen LogP contribution in [0.4, 0.5) is 0 Å². The summed E-state index contributed by atoms with van der Waals surface area (Å²) in [7, 11) is 0. The summed E-state index contributed by atoms with van der Waals surface area (Å²) < 4.78 is 46.6. The predicted molar refractivity (Wildman–Crippen MR) is 103 cm³/mol. The Morgan fingerprint density at radius 3 is 2.88 bits per heavy atom. The fraction of sp³-hybridized carbons (Fsp3) is 0.273. The minimum atomic E-state index is -2.46. The highest BCUT2D eigenvalue weighted by Crippen LogP contribution is 2.35. The first kappa shape index (κ1) is 11.0. The SMILES string of the molecule is [2H]C([2H])([2H])c1cnc(-c2cccc3c2oc2nc(C)ccc23)cc1C([2H])([2H])C(C)C. The third-order valence-electron chi connectivity index (χ3n) is 4.13. The Hall–Kier alpha value is -2.68. The molecule has 0 unspecified atom stereocenters. The quantitative estimate of drug-likeness (QED) is 0.471. The van der Waals surface area contributed by atoms with E-state index in [2.05, 4.69) is 9.97 Å². The standard InChI is InChI=1S/C22H22N2O/c1-13(2)10-16-11-20(23-12-14(16)3)19-7-5-6-17-18-9-8-15(4)24-22(18)25-21(17)19/h5-9,11-13H,10H2,1-4H3/i3D3,10D2. The van der Waals surface area contributed by atoms with Crippen LogP contribution in [0.5, 0.6) is 0 Å². The Morgan fingerprint density at radius 2 is 2.08 bits per heavy atom. The van der Waals surface area contributed by atoms with E-state index in [-0.39, 0.29) is 11.1 Å². The van der Waals surface area contributed by atoms with Crippen molar-refractivity contribution in [1.82, 2.24) is 9.97 Å². The third kappa shape index (κ3) is 2.80. The van der Waals surface area contributed by atoms with Crippen LogP contribution in [0.25, 0.3) is 33.3 Å². The number of fused-ring (bicyclic) bond motifs is 3. The molecule has 3 aromatic heterocycles. The molecule has 0 amide bonds. The first-order valence-electron chi connectivity index (χ1n) is 10.8. The molecule has 4 aromatic rings. The van der Waals surface area contributed by atoms with Gasteiger partial charge in [-0.3, -0.25) is 4.98 Å². The second kappa shape index (κ2) is 5.99. The Labute approximate surface area is 154 Å². The van der Waals surface area contributed by atoms with Crippen LogP contribution in [-0.4, -0.2) is 9.97 Å². The molecule has 126 valence electrons. The highest BCUT2D eigenvalue weighted by Gasteiger charge is 2.14. The lowest BCUT2D eigenvalue weighted by molar-refractivity contribution is 0.644. The number of benzene rings is 1. The summed E-state index contributed by atoms with van der Waals surface area (Å²) in [5, 5.41) is 1.76. The van der Waals surface area contributed by atoms with Crippen LogP contribution in [0.3, 0.4) is 0 Å². The van der Waals surface area contributed by atoms with Gasteiger partial charge >= 0.3 is 0 Å². The van der Waals surface area contributed by atoms with E-state index in [4.69, 9.17) is 11.3 Å². The van der Waals surface area contributed by atoms with Crippen LogP contribution in [0.2, 0.25) is 0 Å². The zero-order valence-corrected chi connectivity index (χ0v) is 14.4. The molecule has 0 aliphatic rings. The first-order valence-corrected chi connectivity index (χ1v) is 8.30. The van der Waals surface area contributed by atoms with Gasteiger partial charge in [-0.05, 0) is 61.5 Å². The normalized spacial score (nSPS) is 15.8. The van der Waals surface area contributed by atoms with Gasteiger partial charge in [-0.2, -0.15) is 0 Å². The van der Waals surface area contributed by atoms with E-state index in [1.165, 1.54) is 6.20 Å². The number of aromatic nitrogens is 2. The van der Waals surface area contributed by atoms with Crippen molar-refractivity contribution in [3.05, 3.63) is 59.4 Å². The van der Waals surface area contributed by atoms with Crippen LogP contribution in [-0.2, 0) is 6.37 Å². The molecule has 1 aromatic carbocycles. The van der Waals surface area contributed by atoms with Crippen molar-refractivity contribution < 1.29 is 11.3 Å². The summed E-state index contributed by atoms with van der Waals surface area (Å²) in [6.45, 7) is 2.90. The minimum Gasteiger partial charge on any atom is -0.437 e. The number of hydrogen-bond acceptors (Lipinski definition) is 3. The molecule has 0 fully saturated rings. The molecule has 0 saturated carbocycles. The average Bonchev–Trinajstić information content (AvgIpc) is 3.04. The van der Waals surface area contributed by atoms with E-state index in [1.807, 2.05) is 37.3 Å². The number of hydrogen-bond donors (Lipinski definition) is 0. The van der Waals surface area contributed by atoms with E-state index in [9.17, 15) is 0 Å². The lowest BCUT2D eigenvalue weighted by Gasteiger charge is -2.10. The topological polar surface area (TPSA) is 38.9 Å². The van der Waals surface area contributed by atoms with Crippen LogP contribution >= 0.6 is 0 Å². The predicted octanol–water partition coefficient (Wildman–Crippen LogP) is 5.86. The average molecular weight is 335 g/mol. The number of pyridine rings is 2. The van der Waals surface area contributed by atoms with Gasteiger partial charge < -0.3 is 4.42 Å². The summed E-state index contributed by atoms with van der Waals surface area (Å²) >= 11 is 0. The maximum absolute atomic E-state index is 8.53. The Morgan fingerprint density at radius 1 is 1.20 bits per heavy atom. The van der Waals surface area contributed by atoms with Gasteiger partial charge in [-0.15, -0.1) is 0 Å². The van der Waals surface area contributed by atoms with E-state index >= 15 is 0 Å². The molecule has 0 aliphatic carbocycles. The molecule has 3 heterocycles. The highest BCUT2D eigenvalue weighted by molar-refractivity contribution is 6.08. The molecule has 0 spiro atoms. The fourth-order valence-electron chi connectivity index (χ4n) is 3.01. The maximum atomic E-state index is 8.53. The number of furan rings is 1. The van der Waals surface area contributed by atoms with E-state index in [0.29, 0.717) is 22.6 Å². The van der Waals surface area contributed by atoms with Crippen molar-refractivity contribution in [1.29, 1.82) is 0 Å². The van der Waals surface area contributed by atoms with Crippen molar-refractivity contribution in [3.63, 3.8) is 0 Å². The Bertz CT molecular complexity index is 1260. The van der Waals surface area contributed by atoms with Gasteiger partial charge in [0.25, 0.3) is 0 Å². The zero-order valence-electron chi connectivity index (χ0n) is 19.4. The van der Waals surface area contributed by atoms with Crippen molar-refractivity contribution in [2.75, 3.05) is 0 Å². The zero-order chi connectivity index (χ0) is 21.8. The summed E-state index contributed by atoms with van der Waals surface area (Å²) in [5.41, 5.74) is 3.15. The molecule has 0 atom stereocenters. The fourth-order valence-corrected chi connectivity index (χ4v) is 3.01. The monoisotopic (exact) mass is 335 g/mol. The Kier molecular flexibility index (Phi) is 2.65. The van der Waals surface area contributed by atoms with Crippen LogP contribution < -0.4 is 0 Å². The second-order valence-corrected chi connectivity index (χ2v) is 6.50. The Balaban J connectivity index is 1.99. The molecule has 0 radical (unpaired) electrons. The lowest BCUT2D eigenvalue weighted by atomic mass is 9.97. The van der Waals surface area contributed by atoms with Gasteiger partial charge in [-0.1, -0.05) is 26.0 Å². The number of rotatable bonds is 3. The van der Waals surface area contributed by atoms with Crippen LogP contribution in [0, 0.1) is 19.7 Å². The summed E-state index contributed by atoms with van der Waals surface area (Å²) in [4.78, 5) is 8.83. The van der Waals surface area contributed by atoms with Crippen LogP contribution in [0.1, 0.15) is 37.5 Å². The maximum Gasteiger partial charge on any atom is 0.227 e. The van der Waals surface area contributed by atoms with Gasteiger partial charge in [0.05, 0.1) is 5.69 Å². The van der Waals surface area contributed by atoms with E-state index in [0.717, 1.165) is 16.5 Å². The van der Waals surface area contributed by atoms with Gasteiger partial charge in [0.2, 0.25) is 5.71 Å². The molecular weight excluding hydrogens is 308 g/mol. The molecule has 0 N–H and O–H groups in total. The van der Waals surface area contributed by atoms with Crippen LogP contribution in [0.15, 0.2) is 47.0 Å². The minimum absolute atomic E-state index is 0.0703. The first-order chi connectivity index (χ1) is 14.0. The highest BCUT2D eigenvalue weighted by atomic mass is 16.3. The number of aryl methyl sites for hydroxylation is 2. The molecule has 3 heteroatoms. The molecular formula is C22H22N2O. The van der Waals surface area contributed by atoms with E-state index in [1.54, 1.807) is 19.9 Å². The summed E-state index contributed by atoms with van der Waals surface area (Å²) in [5.74, 6) is -0.414. The number of para-hydroxylation sites is 1. The van der Waals surface area contributed by atoms with Gasteiger partial charge in [0.1, 0.15) is 5.58 Å². The molecule has 0 bridgehead atoms. The molecule has 3 nitrogen and oxygen atoms in total. The second-order valence-electron chi connectivity index (χ2n) is 6.50. The molecule has 0 saturated heterocycles. The van der Waals surface area contributed by atoms with Crippen molar-refractivity contribution >= 4 is 22.1 Å². The lowest BCUT2D eigenvalue weighted by Crippen LogP contribution is -1.99. The van der Waals surface area contributed by atoms with Gasteiger partial charge in [0, 0.05) is 35.1 Å².